The summed E-state index contributed by atoms with van der Waals surface area (Å²) in [5, 5.41) is 3.64. The fourth-order valence-electron chi connectivity index (χ4n) is 3.30. The number of halogens is 1. The molecule has 3 heteroatoms. The molecule has 0 radical (unpaired) electrons. The smallest absolute Gasteiger partial charge is 0.0934 e. The van der Waals surface area contributed by atoms with Crippen LogP contribution in [0.2, 0.25) is 0 Å². The lowest BCUT2D eigenvalue weighted by atomic mass is 9.96. The monoisotopic (exact) mass is 387 g/mol. The largest absolute Gasteiger partial charge is 0.372 e. The highest BCUT2D eigenvalue weighted by atomic mass is 35.5. The van der Waals surface area contributed by atoms with Crippen molar-refractivity contribution in [3.05, 3.63) is 12.2 Å². The number of allylic oxidation sites excluding steroid dienone is 2. The fraction of sp³-hybridized carbons (Fsp3) is 0.913. The van der Waals surface area contributed by atoms with Gasteiger partial charge in [-0.05, 0) is 46.0 Å². The molecule has 1 rings (SSSR count). The Morgan fingerprint density at radius 1 is 0.846 bits per heavy atom. The summed E-state index contributed by atoms with van der Waals surface area (Å²) < 4.78 is 5.27. The topological polar surface area (TPSA) is 24.6 Å². The predicted molar refractivity (Wildman–Crippen MR) is 119 cm³/mol. The van der Waals surface area contributed by atoms with Gasteiger partial charge in [0, 0.05) is 12.1 Å². The van der Waals surface area contributed by atoms with Gasteiger partial charge in [0.25, 0.3) is 0 Å². The van der Waals surface area contributed by atoms with Gasteiger partial charge in [-0.2, -0.15) is 0 Å². The van der Waals surface area contributed by atoms with Crippen LogP contribution in [0.15, 0.2) is 12.2 Å². The lowest BCUT2D eigenvalue weighted by Crippen LogP contribution is -2.41. The standard InChI is InChI=1S/C23H45NO.ClH/c1-4-5-6-7-8-9-10-11-12-13-14-15-16-17-18-19-23(2,3)24-20-22-21-25-22;/h11-12,22,24H,4-10,13-21H2,1-3H3;1H/b12-11-;. The predicted octanol–water partition coefficient (Wildman–Crippen LogP) is 7.21. The minimum Gasteiger partial charge on any atom is -0.372 e. The minimum absolute atomic E-state index is 0. The molecule has 1 heterocycles. The normalized spacial score (nSPS) is 16.8. The fourth-order valence-corrected chi connectivity index (χ4v) is 3.30. The van der Waals surface area contributed by atoms with Gasteiger partial charge in [0.2, 0.25) is 0 Å². The third kappa shape index (κ3) is 17.4. The van der Waals surface area contributed by atoms with Crippen molar-refractivity contribution in [2.45, 2.75) is 122 Å². The third-order valence-corrected chi connectivity index (χ3v) is 5.27. The molecule has 1 fully saturated rings. The van der Waals surface area contributed by atoms with E-state index < -0.39 is 0 Å². The van der Waals surface area contributed by atoms with Crippen LogP contribution in [0.4, 0.5) is 0 Å². The van der Waals surface area contributed by atoms with Crippen molar-refractivity contribution in [1.82, 2.24) is 5.32 Å². The molecule has 1 saturated heterocycles. The van der Waals surface area contributed by atoms with Gasteiger partial charge in [-0.3, -0.25) is 0 Å². The summed E-state index contributed by atoms with van der Waals surface area (Å²) in [5.74, 6) is 0. The van der Waals surface area contributed by atoms with E-state index in [1.165, 1.54) is 89.9 Å². The van der Waals surface area contributed by atoms with E-state index in [4.69, 9.17) is 4.74 Å². The summed E-state index contributed by atoms with van der Waals surface area (Å²) in [6.45, 7) is 8.91. The Labute approximate surface area is 170 Å². The number of ether oxygens (including phenoxy) is 1. The summed E-state index contributed by atoms with van der Waals surface area (Å²) in [4.78, 5) is 0. The van der Waals surface area contributed by atoms with Crippen LogP contribution in [0.1, 0.15) is 111 Å². The van der Waals surface area contributed by atoms with Crippen LogP contribution in [0.3, 0.4) is 0 Å². The molecule has 0 spiro atoms. The molecule has 1 aliphatic rings. The first-order valence-corrected chi connectivity index (χ1v) is 11.2. The number of hydrogen-bond donors (Lipinski definition) is 1. The van der Waals surface area contributed by atoms with Gasteiger partial charge >= 0.3 is 0 Å². The van der Waals surface area contributed by atoms with Crippen LogP contribution in [-0.2, 0) is 4.74 Å². The lowest BCUT2D eigenvalue weighted by Gasteiger charge is -2.26. The Bertz CT molecular complexity index is 326. The highest BCUT2D eigenvalue weighted by Crippen LogP contribution is 2.17. The average molecular weight is 388 g/mol. The molecule has 0 saturated carbocycles. The van der Waals surface area contributed by atoms with Crippen molar-refractivity contribution < 1.29 is 4.74 Å². The van der Waals surface area contributed by atoms with Crippen molar-refractivity contribution in [2.75, 3.05) is 13.2 Å². The molecule has 156 valence electrons. The van der Waals surface area contributed by atoms with Crippen LogP contribution >= 0.6 is 12.4 Å². The molecule has 1 aliphatic heterocycles. The van der Waals surface area contributed by atoms with E-state index in [9.17, 15) is 0 Å². The molecular formula is C23H46ClNO. The van der Waals surface area contributed by atoms with Crippen LogP contribution in [0.5, 0.6) is 0 Å². The van der Waals surface area contributed by atoms with Crippen molar-refractivity contribution in [1.29, 1.82) is 0 Å². The molecular weight excluding hydrogens is 342 g/mol. The zero-order valence-corrected chi connectivity index (χ0v) is 18.7. The maximum atomic E-state index is 5.27. The van der Waals surface area contributed by atoms with Gasteiger partial charge in [-0.1, -0.05) is 76.9 Å². The number of hydrogen-bond acceptors (Lipinski definition) is 2. The minimum atomic E-state index is 0. The Balaban J connectivity index is 0.00000625. The van der Waals surface area contributed by atoms with Gasteiger partial charge in [-0.25, -0.2) is 0 Å². The number of rotatable bonds is 18. The molecule has 0 bridgehead atoms. The highest BCUT2D eigenvalue weighted by Gasteiger charge is 2.25. The molecule has 1 N–H and O–H groups in total. The summed E-state index contributed by atoms with van der Waals surface area (Å²) in [6.07, 6.45) is 24.5. The Kier molecular flexibility index (Phi) is 17.0. The zero-order valence-electron chi connectivity index (χ0n) is 17.9. The molecule has 0 aromatic carbocycles. The van der Waals surface area contributed by atoms with E-state index in [1.807, 2.05) is 0 Å². The van der Waals surface area contributed by atoms with Crippen molar-refractivity contribution in [2.24, 2.45) is 0 Å². The second-order valence-corrected chi connectivity index (χ2v) is 8.55. The van der Waals surface area contributed by atoms with Crippen molar-refractivity contribution >= 4 is 12.4 Å². The number of epoxide rings is 1. The molecule has 0 aromatic heterocycles. The first-order chi connectivity index (χ1) is 12.1. The number of nitrogens with one attached hydrogen (secondary N) is 1. The lowest BCUT2D eigenvalue weighted by molar-refractivity contribution is 0.317. The molecule has 2 nitrogen and oxygen atoms in total. The Hall–Kier alpha value is -0.0500. The van der Waals surface area contributed by atoms with Crippen LogP contribution in [0.25, 0.3) is 0 Å². The van der Waals surface area contributed by atoms with Crippen molar-refractivity contribution in [3.63, 3.8) is 0 Å². The molecule has 0 aliphatic carbocycles. The van der Waals surface area contributed by atoms with Crippen LogP contribution < -0.4 is 5.32 Å². The van der Waals surface area contributed by atoms with Crippen molar-refractivity contribution in [3.8, 4) is 0 Å². The highest BCUT2D eigenvalue weighted by molar-refractivity contribution is 5.85. The van der Waals surface area contributed by atoms with Gasteiger partial charge in [-0.15, -0.1) is 12.4 Å². The van der Waals surface area contributed by atoms with Crippen LogP contribution in [0, 0.1) is 0 Å². The van der Waals surface area contributed by atoms with Gasteiger partial charge in [0.15, 0.2) is 0 Å². The Morgan fingerprint density at radius 2 is 1.35 bits per heavy atom. The molecule has 1 atom stereocenters. The van der Waals surface area contributed by atoms with Gasteiger partial charge < -0.3 is 10.1 Å². The van der Waals surface area contributed by atoms with Gasteiger partial charge in [0.1, 0.15) is 0 Å². The zero-order chi connectivity index (χ0) is 18.2. The maximum Gasteiger partial charge on any atom is 0.0934 e. The first kappa shape index (κ1) is 26.0. The SMILES string of the molecule is CCCCCCCC/C=C\CCCCCCCC(C)(C)NCC1CO1.Cl. The van der Waals surface area contributed by atoms with E-state index in [0.717, 1.165) is 13.2 Å². The summed E-state index contributed by atoms with van der Waals surface area (Å²) in [7, 11) is 0. The summed E-state index contributed by atoms with van der Waals surface area (Å²) in [6, 6.07) is 0. The third-order valence-electron chi connectivity index (χ3n) is 5.27. The molecule has 0 amide bonds. The summed E-state index contributed by atoms with van der Waals surface area (Å²) >= 11 is 0. The van der Waals surface area contributed by atoms with E-state index in [0.29, 0.717) is 6.10 Å². The Morgan fingerprint density at radius 3 is 1.88 bits per heavy atom. The summed E-state index contributed by atoms with van der Waals surface area (Å²) in [5.41, 5.74) is 0.269. The van der Waals surface area contributed by atoms with E-state index in [-0.39, 0.29) is 17.9 Å². The number of unbranched alkanes of at least 4 members (excludes halogenated alkanes) is 11. The molecule has 0 aromatic rings. The van der Waals surface area contributed by atoms with E-state index >= 15 is 0 Å². The molecule has 1 unspecified atom stereocenters. The first-order valence-electron chi connectivity index (χ1n) is 11.2. The second-order valence-electron chi connectivity index (χ2n) is 8.55. The molecule has 26 heavy (non-hydrogen) atoms. The second kappa shape index (κ2) is 17.1. The average Bonchev–Trinajstić information content (AvgIpc) is 3.41. The maximum absolute atomic E-state index is 5.27. The van der Waals surface area contributed by atoms with Gasteiger partial charge in [0.05, 0.1) is 12.7 Å². The quantitative estimate of drug-likeness (QED) is 0.152. The van der Waals surface area contributed by atoms with E-state index in [1.54, 1.807) is 0 Å². The van der Waals surface area contributed by atoms with Crippen LogP contribution in [-0.4, -0.2) is 24.8 Å². The van der Waals surface area contributed by atoms with E-state index in [2.05, 4.69) is 38.2 Å².